The Kier molecular flexibility index (Phi) is 7.62. The van der Waals surface area contributed by atoms with Crippen molar-refractivity contribution in [1.82, 2.24) is 10.7 Å². The highest BCUT2D eigenvalue weighted by Gasteiger charge is 2.15. The molecule has 0 unspecified atom stereocenters. The maximum atomic E-state index is 12.3. The highest BCUT2D eigenvalue weighted by molar-refractivity contribution is 6.31. The largest absolute Gasteiger partial charge is 0.489 e. The lowest BCUT2D eigenvalue weighted by molar-refractivity contribution is -0.120. The second-order valence-electron chi connectivity index (χ2n) is 7.28. The van der Waals surface area contributed by atoms with Crippen molar-refractivity contribution < 1.29 is 23.8 Å². The first-order valence-electron chi connectivity index (χ1n) is 10.5. The molecule has 0 saturated carbocycles. The Labute approximate surface area is 201 Å². The number of rotatable bonds is 8. The molecule has 0 fully saturated rings. The number of carbonyl (C=O) groups is 2. The standard InChI is InChI=1S/C25H22ClN3O5/c26-21-4-2-1-3-19(21)16-34-20-8-5-17(6-9-20)14-28-29-24(30)15-27-25(31)18-7-10-22-23(13-18)33-12-11-32-22/h1-10,13-14H,11-12,15-16H2,(H,27,31)(H,29,30)/b28-14+. The predicted octanol–water partition coefficient (Wildman–Crippen LogP) is 3.57. The Bertz CT molecular complexity index is 1200. The van der Waals surface area contributed by atoms with Crippen LogP contribution in [0.1, 0.15) is 21.5 Å². The molecular formula is C25H22ClN3O5. The average molecular weight is 480 g/mol. The molecule has 1 aliphatic heterocycles. The van der Waals surface area contributed by atoms with Crippen LogP contribution in [0.25, 0.3) is 0 Å². The van der Waals surface area contributed by atoms with Crippen molar-refractivity contribution in [3.05, 3.63) is 88.4 Å². The second-order valence-corrected chi connectivity index (χ2v) is 7.69. The second kappa shape index (κ2) is 11.2. The molecule has 1 aliphatic rings. The minimum absolute atomic E-state index is 0.223. The fourth-order valence-electron chi connectivity index (χ4n) is 3.09. The quantitative estimate of drug-likeness (QED) is 0.380. The molecule has 34 heavy (non-hydrogen) atoms. The van der Waals surface area contributed by atoms with Crippen LogP contribution >= 0.6 is 11.6 Å². The van der Waals surface area contributed by atoms with Gasteiger partial charge < -0.3 is 19.5 Å². The molecule has 3 aromatic carbocycles. The molecule has 3 aromatic rings. The van der Waals surface area contributed by atoms with E-state index in [4.69, 9.17) is 25.8 Å². The van der Waals surface area contributed by atoms with E-state index in [-0.39, 0.29) is 6.54 Å². The number of nitrogens with one attached hydrogen (secondary N) is 2. The van der Waals surface area contributed by atoms with E-state index in [2.05, 4.69) is 15.8 Å². The zero-order chi connectivity index (χ0) is 23.8. The smallest absolute Gasteiger partial charge is 0.259 e. The number of hydrogen-bond acceptors (Lipinski definition) is 6. The van der Waals surface area contributed by atoms with E-state index < -0.39 is 11.8 Å². The van der Waals surface area contributed by atoms with E-state index in [1.807, 2.05) is 24.3 Å². The summed E-state index contributed by atoms with van der Waals surface area (Å²) >= 11 is 6.13. The van der Waals surface area contributed by atoms with Gasteiger partial charge in [-0.3, -0.25) is 9.59 Å². The van der Waals surface area contributed by atoms with Crippen molar-refractivity contribution in [2.75, 3.05) is 19.8 Å². The third-order valence-corrected chi connectivity index (χ3v) is 5.22. The molecule has 1 heterocycles. The van der Waals surface area contributed by atoms with E-state index >= 15 is 0 Å². The Balaban J connectivity index is 1.20. The van der Waals surface area contributed by atoms with E-state index in [1.54, 1.807) is 42.5 Å². The minimum atomic E-state index is -0.457. The van der Waals surface area contributed by atoms with E-state index in [0.29, 0.717) is 47.7 Å². The van der Waals surface area contributed by atoms with Crippen LogP contribution < -0.4 is 25.0 Å². The van der Waals surface area contributed by atoms with Crippen LogP contribution in [0.4, 0.5) is 0 Å². The first kappa shape index (κ1) is 23.1. The minimum Gasteiger partial charge on any atom is -0.489 e. The van der Waals surface area contributed by atoms with Gasteiger partial charge >= 0.3 is 0 Å². The SMILES string of the molecule is O=C(CNC(=O)c1ccc2c(c1)OCCO2)N/N=C/c1ccc(OCc2ccccc2Cl)cc1. The van der Waals surface area contributed by atoms with Crippen molar-refractivity contribution in [3.8, 4) is 17.2 Å². The average Bonchev–Trinajstić information content (AvgIpc) is 2.87. The lowest BCUT2D eigenvalue weighted by atomic mass is 10.2. The Hall–Kier alpha value is -4.04. The van der Waals surface area contributed by atoms with Crippen LogP contribution in [0.2, 0.25) is 5.02 Å². The highest BCUT2D eigenvalue weighted by atomic mass is 35.5. The normalized spacial score (nSPS) is 12.3. The monoisotopic (exact) mass is 479 g/mol. The number of ether oxygens (including phenoxy) is 3. The van der Waals surface area contributed by atoms with Crippen LogP contribution in [0, 0.1) is 0 Å². The summed E-state index contributed by atoms with van der Waals surface area (Å²) in [6.07, 6.45) is 1.50. The topological polar surface area (TPSA) is 98.3 Å². The van der Waals surface area contributed by atoms with Crippen LogP contribution in [-0.2, 0) is 11.4 Å². The summed E-state index contributed by atoms with van der Waals surface area (Å²) in [6, 6.07) is 19.6. The lowest BCUT2D eigenvalue weighted by Gasteiger charge is -2.18. The van der Waals surface area contributed by atoms with E-state index in [1.165, 1.54) is 6.21 Å². The van der Waals surface area contributed by atoms with Gasteiger partial charge in [-0.25, -0.2) is 5.43 Å². The molecule has 4 rings (SSSR count). The molecule has 0 spiro atoms. The maximum absolute atomic E-state index is 12.3. The summed E-state index contributed by atoms with van der Waals surface area (Å²) < 4.78 is 16.6. The van der Waals surface area contributed by atoms with Crippen molar-refractivity contribution in [3.63, 3.8) is 0 Å². The Morgan fingerprint density at radius 1 is 1.00 bits per heavy atom. The number of amides is 2. The van der Waals surface area contributed by atoms with Crippen molar-refractivity contribution in [1.29, 1.82) is 0 Å². The van der Waals surface area contributed by atoms with E-state index in [9.17, 15) is 9.59 Å². The van der Waals surface area contributed by atoms with Crippen molar-refractivity contribution >= 4 is 29.6 Å². The summed E-state index contributed by atoms with van der Waals surface area (Å²) in [5.74, 6) is 0.927. The molecular weight excluding hydrogens is 458 g/mol. The van der Waals surface area contributed by atoms with Gasteiger partial charge in [-0.1, -0.05) is 29.8 Å². The lowest BCUT2D eigenvalue weighted by Crippen LogP contribution is -2.35. The number of fused-ring (bicyclic) bond motifs is 1. The van der Waals surface area contributed by atoms with Crippen molar-refractivity contribution in [2.24, 2.45) is 5.10 Å². The number of nitrogens with zero attached hydrogens (tertiary/aromatic N) is 1. The summed E-state index contributed by atoms with van der Waals surface area (Å²) in [7, 11) is 0. The summed E-state index contributed by atoms with van der Waals surface area (Å²) in [6.45, 7) is 1.04. The third-order valence-electron chi connectivity index (χ3n) is 4.85. The van der Waals surface area contributed by atoms with Gasteiger partial charge in [0.2, 0.25) is 0 Å². The van der Waals surface area contributed by atoms with Gasteiger partial charge in [0.1, 0.15) is 25.6 Å². The molecule has 0 bridgehead atoms. The maximum Gasteiger partial charge on any atom is 0.259 e. The van der Waals surface area contributed by atoms with Gasteiger partial charge in [0.15, 0.2) is 11.5 Å². The first-order valence-corrected chi connectivity index (χ1v) is 10.9. The number of hydrazone groups is 1. The van der Waals surface area contributed by atoms with Gasteiger partial charge in [-0.05, 0) is 54.1 Å². The summed E-state index contributed by atoms with van der Waals surface area (Å²) in [5, 5.41) is 7.12. The van der Waals surface area contributed by atoms with Gasteiger partial charge in [-0.15, -0.1) is 0 Å². The molecule has 8 nitrogen and oxygen atoms in total. The molecule has 0 radical (unpaired) electrons. The summed E-state index contributed by atoms with van der Waals surface area (Å²) in [5.41, 5.74) is 4.42. The molecule has 2 N–H and O–H groups in total. The molecule has 0 saturated heterocycles. The van der Waals surface area contributed by atoms with Crippen LogP contribution in [0.3, 0.4) is 0 Å². The van der Waals surface area contributed by atoms with Crippen molar-refractivity contribution in [2.45, 2.75) is 6.61 Å². The Morgan fingerprint density at radius 3 is 2.56 bits per heavy atom. The Morgan fingerprint density at radius 2 is 1.76 bits per heavy atom. The van der Waals surface area contributed by atoms with Gasteiger partial charge in [0.25, 0.3) is 11.8 Å². The molecule has 0 aliphatic carbocycles. The van der Waals surface area contributed by atoms with E-state index in [0.717, 1.165) is 11.1 Å². The van der Waals surface area contributed by atoms with Gasteiger partial charge in [0.05, 0.1) is 12.8 Å². The first-order chi connectivity index (χ1) is 16.6. The molecule has 174 valence electrons. The zero-order valence-electron chi connectivity index (χ0n) is 18.1. The predicted molar refractivity (Wildman–Crippen MR) is 128 cm³/mol. The number of benzene rings is 3. The fourth-order valence-corrected chi connectivity index (χ4v) is 3.28. The molecule has 0 atom stereocenters. The number of carbonyl (C=O) groups excluding carboxylic acids is 2. The van der Waals surface area contributed by atoms with Crippen LogP contribution in [-0.4, -0.2) is 37.8 Å². The molecule has 9 heteroatoms. The van der Waals surface area contributed by atoms with Gasteiger partial charge in [0, 0.05) is 16.1 Å². The van der Waals surface area contributed by atoms with Gasteiger partial charge in [-0.2, -0.15) is 5.10 Å². The number of hydrogen-bond donors (Lipinski definition) is 2. The highest BCUT2D eigenvalue weighted by Crippen LogP contribution is 2.30. The van der Waals surface area contributed by atoms with Crippen LogP contribution in [0.15, 0.2) is 71.8 Å². The number of halogens is 1. The zero-order valence-corrected chi connectivity index (χ0v) is 18.9. The molecule has 0 aromatic heterocycles. The fraction of sp³-hybridized carbons (Fsp3) is 0.160. The molecule has 2 amide bonds. The summed E-state index contributed by atoms with van der Waals surface area (Å²) in [4.78, 5) is 24.3. The van der Waals surface area contributed by atoms with Crippen LogP contribution in [0.5, 0.6) is 17.2 Å². The third kappa shape index (κ3) is 6.26.